The molecule has 364 valence electrons. The Morgan fingerprint density at radius 3 is 0.864 bits per heavy atom. The van der Waals surface area contributed by atoms with Crippen molar-refractivity contribution in [1.29, 1.82) is 0 Å². The van der Waals surface area contributed by atoms with Crippen LogP contribution in [0.25, 0.3) is 0 Å². The van der Waals surface area contributed by atoms with Crippen molar-refractivity contribution in [2.45, 2.75) is 72.1 Å². The maximum atomic E-state index is 6.97. The van der Waals surface area contributed by atoms with Gasteiger partial charge in [-0.3, -0.25) is 9.80 Å². The van der Waals surface area contributed by atoms with Crippen molar-refractivity contribution in [3.8, 4) is 0 Å². The predicted molar refractivity (Wildman–Crippen MR) is 258 cm³/mol. The molecule has 0 N–H and O–H groups in total. The molecule has 0 aromatic heterocycles. The Kier molecular flexibility index (Phi) is 25.4. The van der Waals surface area contributed by atoms with Gasteiger partial charge in [0.05, 0.1) is 106 Å². The summed E-state index contributed by atoms with van der Waals surface area (Å²) < 4.78 is 61.9. The molecule has 4 aromatic carbocycles. The number of rotatable bonds is 36. The smallest absolute Gasteiger partial charge is 0.171 e. The summed E-state index contributed by atoms with van der Waals surface area (Å²) in [4.78, 5) is 4.74. The van der Waals surface area contributed by atoms with Gasteiger partial charge in [0.2, 0.25) is 0 Å². The Morgan fingerprint density at radius 1 is 0.379 bits per heavy atom. The van der Waals surface area contributed by atoms with Gasteiger partial charge in [-0.05, 0) is 29.2 Å². The molecule has 0 amide bonds. The van der Waals surface area contributed by atoms with Crippen LogP contribution in [0, 0.1) is 5.41 Å². The third-order valence-electron chi connectivity index (χ3n) is 11.5. The zero-order valence-corrected chi connectivity index (χ0v) is 40.2. The minimum absolute atomic E-state index is 0.209. The van der Waals surface area contributed by atoms with Crippen LogP contribution in [-0.4, -0.2) is 146 Å². The van der Waals surface area contributed by atoms with Crippen molar-refractivity contribution in [3.05, 3.63) is 144 Å². The molecular weight excluding hydrogens is 837 g/mol. The Labute approximate surface area is 395 Å². The lowest BCUT2D eigenvalue weighted by Gasteiger charge is -2.37. The van der Waals surface area contributed by atoms with E-state index in [1.165, 1.54) is 0 Å². The molecule has 1 aliphatic rings. The number of hydrogen-bond acceptors (Lipinski definition) is 12. The molecule has 1 unspecified atom stereocenters. The summed E-state index contributed by atoms with van der Waals surface area (Å²) in [7, 11) is 0. The van der Waals surface area contributed by atoms with Crippen LogP contribution in [0.5, 0.6) is 0 Å². The Morgan fingerprint density at radius 2 is 0.621 bits per heavy atom. The van der Waals surface area contributed by atoms with Gasteiger partial charge in [0.15, 0.2) is 5.79 Å². The number of ether oxygens (including phenoxy) is 10. The summed E-state index contributed by atoms with van der Waals surface area (Å²) >= 11 is 0. The predicted octanol–water partition coefficient (Wildman–Crippen LogP) is 8.07. The topological polar surface area (TPSA) is 98.8 Å². The van der Waals surface area contributed by atoms with Gasteiger partial charge in [-0.1, -0.05) is 142 Å². The molecule has 0 bridgehead atoms. The Bertz CT molecular complexity index is 1540. The first-order chi connectivity index (χ1) is 32.3. The summed E-state index contributed by atoms with van der Waals surface area (Å²) in [5.41, 5.74) is 4.33. The minimum Gasteiger partial charge on any atom is -0.378 e. The molecule has 3 atom stereocenters. The maximum Gasteiger partial charge on any atom is 0.171 e. The van der Waals surface area contributed by atoms with Gasteiger partial charge in [0, 0.05) is 44.7 Å². The van der Waals surface area contributed by atoms with E-state index in [0.29, 0.717) is 145 Å². The molecule has 12 nitrogen and oxygen atoms in total. The van der Waals surface area contributed by atoms with Crippen LogP contribution in [0.3, 0.4) is 0 Å². The highest BCUT2D eigenvalue weighted by atomic mass is 16.8. The van der Waals surface area contributed by atoms with Crippen LogP contribution in [0.15, 0.2) is 121 Å². The fraction of sp³-hybridized carbons (Fsp3) is 0.556. The lowest BCUT2D eigenvalue weighted by atomic mass is 9.87. The highest BCUT2D eigenvalue weighted by molar-refractivity contribution is 5.15. The quantitative estimate of drug-likeness (QED) is 0.0413. The Balaban J connectivity index is 1.15. The molecule has 4 aromatic rings. The van der Waals surface area contributed by atoms with Crippen molar-refractivity contribution >= 4 is 0 Å². The van der Waals surface area contributed by atoms with Gasteiger partial charge >= 0.3 is 0 Å². The highest BCUT2D eigenvalue weighted by Gasteiger charge is 2.51. The first-order valence-corrected chi connectivity index (χ1v) is 23.9. The molecule has 0 radical (unpaired) electrons. The molecule has 1 fully saturated rings. The average Bonchev–Trinajstić information content (AvgIpc) is 3.66. The number of hydrogen-bond donors (Lipinski definition) is 0. The van der Waals surface area contributed by atoms with E-state index in [4.69, 9.17) is 47.4 Å². The molecule has 5 rings (SSSR count). The van der Waals surface area contributed by atoms with Gasteiger partial charge in [0.1, 0.15) is 12.2 Å². The second-order valence-electron chi connectivity index (χ2n) is 17.7. The van der Waals surface area contributed by atoms with Gasteiger partial charge in [-0.25, -0.2) is 0 Å². The second-order valence-corrected chi connectivity index (χ2v) is 17.7. The zero-order valence-electron chi connectivity index (χ0n) is 40.2. The SMILES string of the molecule is CC(C)(C)C1(C)O[C@@H](CN(CCOCCOCc2ccccc2)CCOCCOCc2ccccc2)[C@@H](CN(CCOCCOCc2ccccc2)CCOCCOCc2ccccc2)O1. The average molecular weight is 915 g/mol. The molecule has 66 heavy (non-hydrogen) atoms. The third-order valence-corrected chi connectivity index (χ3v) is 11.5. The van der Waals surface area contributed by atoms with Crippen LogP contribution >= 0.6 is 0 Å². The molecule has 12 heteroatoms. The molecule has 1 heterocycles. The van der Waals surface area contributed by atoms with Gasteiger partial charge in [-0.15, -0.1) is 0 Å². The van der Waals surface area contributed by atoms with Gasteiger partial charge in [-0.2, -0.15) is 0 Å². The van der Waals surface area contributed by atoms with E-state index >= 15 is 0 Å². The minimum atomic E-state index is -0.794. The molecule has 1 aliphatic heterocycles. The molecule has 0 saturated carbocycles. The summed E-state index contributed by atoms with van der Waals surface area (Å²) in [5, 5.41) is 0. The fourth-order valence-electron chi connectivity index (χ4n) is 7.23. The van der Waals surface area contributed by atoms with E-state index in [9.17, 15) is 0 Å². The first-order valence-electron chi connectivity index (χ1n) is 23.9. The summed E-state index contributed by atoms with van der Waals surface area (Å²) in [5.74, 6) is -0.794. The van der Waals surface area contributed by atoms with Crippen LogP contribution in [0.2, 0.25) is 0 Å². The van der Waals surface area contributed by atoms with E-state index < -0.39 is 5.79 Å². The summed E-state index contributed by atoms with van der Waals surface area (Å²) in [6, 6.07) is 40.8. The first kappa shape index (κ1) is 53.4. The van der Waals surface area contributed by atoms with Crippen molar-refractivity contribution < 1.29 is 47.4 Å². The largest absolute Gasteiger partial charge is 0.378 e. The van der Waals surface area contributed by atoms with Crippen molar-refractivity contribution in [2.24, 2.45) is 5.41 Å². The van der Waals surface area contributed by atoms with E-state index in [-0.39, 0.29) is 17.6 Å². The number of benzene rings is 4. The zero-order chi connectivity index (χ0) is 46.4. The Hall–Kier alpha value is -3.60. The molecular formula is C54H78N2O10. The summed E-state index contributed by atoms with van der Waals surface area (Å²) in [6.45, 7) is 21.3. The van der Waals surface area contributed by atoms with Crippen LogP contribution in [0.4, 0.5) is 0 Å². The summed E-state index contributed by atoms with van der Waals surface area (Å²) in [6.07, 6.45) is -0.417. The van der Waals surface area contributed by atoms with Crippen molar-refractivity contribution in [1.82, 2.24) is 9.80 Å². The van der Waals surface area contributed by atoms with E-state index in [1.54, 1.807) is 0 Å². The molecule has 0 spiro atoms. The fourth-order valence-corrected chi connectivity index (χ4v) is 7.23. The van der Waals surface area contributed by atoms with Crippen LogP contribution in [-0.2, 0) is 73.8 Å². The van der Waals surface area contributed by atoms with E-state index in [1.807, 2.05) is 72.8 Å². The monoisotopic (exact) mass is 915 g/mol. The second kappa shape index (κ2) is 31.4. The normalized spacial score (nSPS) is 17.6. The highest BCUT2D eigenvalue weighted by Crippen LogP contribution is 2.42. The molecule has 0 aliphatic carbocycles. The lowest BCUT2D eigenvalue weighted by molar-refractivity contribution is -0.225. The van der Waals surface area contributed by atoms with E-state index in [2.05, 4.69) is 86.0 Å². The molecule has 1 saturated heterocycles. The maximum absolute atomic E-state index is 6.97. The van der Waals surface area contributed by atoms with Crippen molar-refractivity contribution in [3.63, 3.8) is 0 Å². The van der Waals surface area contributed by atoms with Crippen LogP contribution < -0.4 is 0 Å². The third kappa shape index (κ3) is 21.6. The van der Waals surface area contributed by atoms with Gasteiger partial charge < -0.3 is 47.4 Å². The lowest BCUT2D eigenvalue weighted by Crippen LogP contribution is -2.46. The van der Waals surface area contributed by atoms with Crippen molar-refractivity contribution in [2.75, 3.05) is 119 Å². The van der Waals surface area contributed by atoms with Gasteiger partial charge in [0.25, 0.3) is 0 Å². The van der Waals surface area contributed by atoms with Crippen LogP contribution in [0.1, 0.15) is 49.9 Å². The van der Waals surface area contributed by atoms with E-state index in [0.717, 1.165) is 22.3 Å². The number of nitrogens with zero attached hydrogens (tertiary/aromatic N) is 2. The standard InChI is InChI=1S/C54H78N2O10/c1-53(2,3)54(4)65-51(41-55(25-29-57-33-37-61-43-47-17-9-5-10-18-47)26-30-58-34-38-62-44-48-19-11-6-12-20-48)52(66-54)42-56(27-31-59-35-39-63-45-49-21-13-7-14-22-49)28-32-60-36-40-64-46-50-23-15-8-16-24-50/h5-24,51-52H,25-46H2,1-4H3/t51-,52+,54?.